The van der Waals surface area contributed by atoms with E-state index in [1.54, 1.807) is 0 Å². The van der Waals surface area contributed by atoms with Gasteiger partial charge in [0.15, 0.2) is 0 Å². The number of nitrogens with zero attached hydrogens (tertiary/aromatic N) is 1. The standard InChI is InChI=1S/C15H13N/c1-2-12-9-6-10-14(11-16)15(12)13-7-4-3-5-8-13/h3-10H,2H2,1H3. The van der Waals surface area contributed by atoms with Gasteiger partial charge in [0.25, 0.3) is 0 Å². The maximum absolute atomic E-state index is 9.15. The third kappa shape index (κ3) is 1.83. The molecule has 0 saturated heterocycles. The van der Waals surface area contributed by atoms with Crippen molar-refractivity contribution >= 4 is 0 Å². The fourth-order valence-electron chi connectivity index (χ4n) is 1.93. The average Bonchev–Trinajstić information content (AvgIpc) is 2.38. The second kappa shape index (κ2) is 4.63. The molecule has 78 valence electrons. The van der Waals surface area contributed by atoms with Gasteiger partial charge in [0.05, 0.1) is 11.6 Å². The van der Waals surface area contributed by atoms with Crippen molar-refractivity contribution in [3.8, 4) is 17.2 Å². The van der Waals surface area contributed by atoms with Crippen molar-refractivity contribution < 1.29 is 0 Å². The molecule has 0 aromatic heterocycles. The van der Waals surface area contributed by atoms with Crippen LogP contribution in [0.4, 0.5) is 0 Å². The van der Waals surface area contributed by atoms with Gasteiger partial charge < -0.3 is 0 Å². The number of hydrogen-bond acceptors (Lipinski definition) is 1. The van der Waals surface area contributed by atoms with E-state index in [0.29, 0.717) is 0 Å². The normalized spacial score (nSPS) is 9.75. The molecule has 1 heteroatoms. The topological polar surface area (TPSA) is 23.8 Å². The monoisotopic (exact) mass is 207 g/mol. The molecule has 0 heterocycles. The van der Waals surface area contributed by atoms with Crippen LogP contribution in [0.3, 0.4) is 0 Å². The molecule has 0 N–H and O–H groups in total. The summed E-state index contributed by atoms with van der Waals surface area (Å²) < 4.78 is 0. The summed E-state index contributed by atoms with van der Waals surface area (Å²) in [7, 11) is 0. The van der Waals surface area contributed by atoms with Crippen LogP contribution in [-0.4, -0.2) is 0 Å². The van der Waals surface area contributed by atoms with E-state index in [0.717, 1.165) is 23.1 Å². The van der Waals surface area contributed by atoms with Gasteiger partial charge in [0.1, 0.15) is 0 Å². The molecular weight excluding hydrogens is 194 g/mol. The second-order valence-electron chi connectivity index (χ2n) is 3.67. The third-order valence-corrected chi connectivity index (χ3v) is 2.71. The first kappa shape index (κ1) is 10.4. The molecule has 0 bridgehead atoms. The predicted octanol–water partition coefficient (Wildman–Crippen LogP) is 3.79. The van der Waals surface area contributed by atoms with Crippen LogP contribution < -0.4 is 0 Å². The van der Waals surface area contributed by atoms with Gasteiger partial charge in [-0.15, -0.1) is 0 Å². The number of rotatable bonds is 2. The Morgan fingerprint density at radius 3 is 2.38 bits per heavy atom. The molecule has 0 aliphatic rings. The zero-order valence-electron chi connectivity index (χ0n) is 9.27. The first-order valence-electron chi connectivity index (χ1n) is 5.44. The van der Waals surface area contributed by atoms with E-state index in [9.17, 15) is 0 Å². The van der Waals surface area contributed by atoms with Gasteiger partial charge in [0, 0.05) is 5.56 Å². The minimum atomic E-state index is 0.755. The van der Waals surface area contributed by atoms with Gasteiger partial charge >= 0.3 is 0 Å². The summed E-state index contributed by atoms with van der Waals surface area (Å²) in [6, 6.07) is 18.3. The molecule has 16 heavy (non-hydrogen) atoms. The lowest BCUT2D eigenvalue weighted by atomic mass is 9.94. The van der Waals surface area contributed by atoms with Gasteiger partial charge in [-0.1, -0.05) is 49.4 Å². The van der Waals surface area contributed by atoms with E-state index in [1.807, 2.05) is 30.3 Å². The Morgan fingerprint density at radius 2 is 1.75 bits per heavy atom. The number of benzene rings is 2. The van der Waals surface area contributed by atoms with E-state index < -0.39 is 0 Å². The van der Waals surface area contributed by atoms with Gasteiger partial charge in [0.2, 0.25) is 0 Å². The van der Waals surface area contributed by atoms with Crippen LogP contribution in [0, 0.1) is 11.3 Å². The Hall–Kier alpha value is -2.07. The molecule has 2 aromatic rings. The van der Waals surface area contributed by atoms with Crippen LogP contribution in [0.25, 0.3) is 11.1 Å². The van der Waals surface area contributed by atoms with Crippen LogP contribution in [0.5, 0.6) is 0 Å². The molecule has 2 rings (SSSR count). The first-order valence-corrected chi connectivity index (χ1v) is 5.44. The molecule has 0 amide bonds. The van der Waals surface area contributed by atoms with E-state index in [-0.39, 0.29) is 0 Å². The summed E-state index contributed by atoms with van der Waals surface area (Å²) in [5.74, 6) is 0. The Balaban J connectivity index is 2.68. The lowest BCUT2D eigenvalue weighted by molar-refractivity contribution is 1.14. The smallest absolute Gasteiger partial charge is 0.0998 e. The van der Waals surface area contributed by atoms with Crippen LogP contribution in [0.15, 0.2) is 48.5 Å². The Morgan fingerprint density at radius 1 is 1.00 bits per heavy atom. The number of hydrogen-bond donors (Lipinski definition) is 0. The minimum Gasteiger partial charge on any atom is -0.192 e. The molecule has 0 aliphatic heterocycles. The van der Waals surface area contributed by atoms with E-state index in [2.05, 4.69) is 31.2 Å². The summed E-state index contributed by atoms with van der Waals surface area (Å²) in [6.45, 7) is 2.11. The highest BCUT2D eigenvalue weighted by molar-refractivity contribution is 5.73. The van der Waals surface area contributed by atoms with Crippen molar-refractivity contribution in [2.24, 2.45) is 0 Å². The maximum Gasteiger partial charge on any atom is 0.0998 e. The third-order valence-electron chi connectivity index (χ3n) is 2.71. The minimum absolute atomic E-state index is 0.755. The second-order valence-corrected chi connectivity index (χ2v) is 3.67. The zero-order valence-corrected chi connectivity index (χ0v) is 9.27. The molecule has 0 fully saturated rings. The van der Waals surface area contributed by atoms with Crippen LogP contribution in [-0.2, 0) is 6.42 Å². The molecular formula is C15H13N. The highest BCUT2D eigenvalue weighted by Crippen LogP contribution is 2.27. The quantitative estimate of drug-likeness (QED) is 0.735. The van der Waals surface area contributed by atoms with Crippen molar-refractivity contribution in [1.82, 2.24) is 0 Å². The molecule has 0 aliphatic carbocycles. The van der Waals surface area contributed by atoms with E-state index in [4.69, 9.17) is 5.26 Å². The van der Waals surface area contributed by atoms with Gasteiger partial charge in [-0.3, -0.25) is 0 Å². The van der Waals surface area contributed by atoms with Crippen molar-refractivity contribution in [3.63, 3.8) is 0 Å². The highest BCUT2D eigenvalue weighted by atomic mass is 14.2. The van der Waals surface area contributed by atoms with E-state index in [1.165, 1.54) is 5.56 Å². The van der Waals surface area contributed by atoms with Crippen LogP contribution >= 0.6 is 0 Å². The summed E-state index contributed by atoms with van der Waals surface area (Å²) in [4.78, 5) is 0. The lowest BCUT2D eigenvalue weighted by Gasteiger charge is -2.09. The molecule has 2 aromatic carbocycles. The average molecular weight is 207 g/mol. The van der Waals surface area contributed by atoms with Crippen LogP contribution in [0.1, 0.15) is 18.1 Å². The largest absolute Gasteiger partial charge is 0.192 e. The molecule has 0 radical (unpaired) electrons. The molecule has 0 unspecified atom stereocenters. The predicted molar refractivity (Wildman–Crippen MR) is 66.0 cm³/mol. The van der Waals surface area contributed by atoms with Crippen molar-refractivity contribution in [2.45, 2.75) is 13.3 Å². The Kier molecular flexibility index (Phi) is 3.03. The number of nitriles is 1. The summed E-state index contributed by atoms with van der Waals surface area (Å²) in [5, 5.41) is 9.15. The maximum atomic E-state index is 9.15. The molecule has 0 atom stereocenters. The van der Waals surface area contributed by atoms with Gasteiger partial charge in [-0.05, 0) is 23.6 Å². The van der Waals surface area contributed by atoms with E-state index >= 15 is 0 Å². The van der Waals surface area contributed by atoms with Crippen molar-refractivity contribution in [1.29, 1.82) is 5.26 Å². The highest BCUT2D eigenvalue weighted by Gasteiger charge is 2.08. The van der Waals surface area contributed by atoms with Gasteiger partial charge in [-0.2, -0.15) is 5.26 Å². The van der Waals surface area contributed by atoms with Crippen molar-refractivity contribution in [2.75, 3.05) is 0 Å². The Bertz CT molecular complexity index is 521. The lowest BCUT2D eigenvalue weighted by Crippen LogP contribution is -1.91. The summed E-state index contributed by atoms with van der Waals surface area (Å²) >= 11 is 0. The first-order chi connectivity index (χ1) is 7.86. The Labute approximate surface area is 96.0 Å². The van der Waals surface area contributed by atoms with Gasteiger partial charge in [-0.25, -0.2) is 0 Å². The SMILES string of the molecule is CCc1cccc(C#N)c1-c1ccccc1. The fraction of sp³-hybridized carbons (Fsp3) is 0.133. The summed E-state index contributed by atoms with van der Waals surface area (Å²) in [5.41, 5.74) is 4.18. The molecule has 0 spiro atoms. The molecule has 0 saturated carbocycles. The van der Waals surface area contributed by atoms with Crippen LogP contribution in [0.2, 0.25) is 0 Å². The molecule has 1 nitrogen and oxygen atoms in total. The fourth-order valence-corrected chi connectivity index (χ4v) is 1.93. The van der Waals surface area contributed by atoms with Crippen molar-refractivity contribution in [3.05, 3.63) is 59.7 Å². The summed E-state index contributed by atoms with van der Waals surface area (Å²) in [6.07, 6.45) is 0.944. The zero-order chi connectivity index (χ0) is 11.4. The number of aryl methyl sites for hydroxylation is 1.